The largest absolute Gasteiger partial charge is 0.347 e. The summed E-state index contributed by atoms with van der Waals surface area (Å²) in [5.41, 5.74) is 0.897. The molecule has 2 aromatic heterocycles. The first-order valence-electron chi connectivity index (χ1n) is 7.87. The van der Waals surface area contributed by atoms with Crippen LogP contribution >= 0.6 is 11.3 Å². The van der Waals surface area contributed by atoms with E-state index in [4.69, 9.17) is 0 Å². The molecule has 2 aromatic rings. The van der Waals surface area contributed by atoms with Crippen LogP contribution in [0.15, 0.2) is 24.4 Å². The monoisotopic (exact) mass is 317 g/mol. The quantitative estimate of drug-likeness (QED) is 0.867. The van der Waals surface area contributed by atoms with E-state index < -0.39 is 0 Å². The second kappa shape index (κ2) is 6.71. The van der Waals surface area contributed by atoms with E-state index in [9.17, 15) is 0 Å². The van der Waals surface area contributed by atoms with Crippen LogP contribution in [0.2, 0.25) is 0 Å². The van der Waals surface area contributed by atoms with Crippen LogP contribution < -0.4 is 4.90 Å². The fourth-order valence-electron chi connectivity index (χ4n) is 2.90. The predicted octanol–water partition coefficient (Wildman–Crippen LogP) is 2.91. The summed E-state index contributed by atoms with van der Waals surface area (Å²) in [5.74, 6) is 0. The number of piperidine rings is 1. The van der Waals surface area contributed by atoms with Crippen molar-refractivity contribution in [2.45, 2.75) is 38.8 Å². The van der Waals surface area contributed by atoms with E-state index in [1.807, 2.05) is 18.2 Å². The summed E-state index contributed by atoms with van der Waals surface area (Å²) in [7, 11) is 2.14. The van der Waals surface area contributed by atoms with Gasteiger partial charge in [0.1, 0.15) is 5.69 Å². The van der Waals surface area contributed by atoms with Gasteiger partial charge in [-0.15, -0.1) is 10.2 Å². The lowest BCUT2D eigenvalue weighted by Crippen LogP contribution is -2.45. The van der Waals surface area contributed by atoms with Gasteiger partial charge < -0.3 is 9.80 Å². The van der Waals surface area contributed by atoms with E-state index in [0.717, 1.165) is 15.8 Å². The van der Waals surface area contributed by atoms with E-state index in [2.05, 4.69) is 45.9 Å². The van der Waals surface area contributed by atoms with Crippen molar-refractivity contribution in [2.75, 3.05) is 25.0 Å². The molecule has 0 saturated carbocycles. The Bertz CT molecular complexity index is 590. The summed E-state index contributed by atoms with van der Waals surface area (Å²) >= 11 is 1.62. The maximum absolute atomic E-state index is 4.36. The molecule has 22 heavy (non-hydrogen) atoms. The highest BCUT2D eigenvalue weighted by Crippen LogP contribution is 2.29. The van der Waals surface area contributed by atoms with Crippen LogP contribution in [0, 0.1) is 0 Å². The Balaban J connectivity index is 1.66. The molecule has 5 nitrogen and oxygen atoms in total. The van der Waals surface area contributed by atoms with Crippen molar-refractivity contribution in [1.82, 2.24) is 20.1 Å². The van der Waals surface area contributed by atoms with Gasteiger partial charge in [0, 0.05) is 38.4 Å². The van der Waals surface area contributed by atoms with Gasteiger partial charge in [-0.25, -0.2) is 0 Å². The molecule has 1 fully saturated rings. The molecule has 0 atom stereocenters. The average molecular weight is 317 g/mol. The van der Waals surface area contributed by atoms with Crippen LogP contribution in [0.4, 0.5) is 5.13 Å². The molecule has 0 N–H and O–H groups in total. The minimum absolute atomic E-state index is 0.555. The van der Waals surface area contributed by atoms with Gasteiger partial charge in [0.15, 0.2) is 5.01 Å². The second-order valence-electron chi connectivity index (χ2n) is 6.08. The smallest absolute Gasteiger partial charge is 0.208 e. The average Bonchev–Trinajstić information content (AvgIpc) is 3.05. The molecule has 0 aliphatic carbocycles. The molecule has 0 unspecified atom stereocenters. The van der Waals surface area contributed by atoms with Crippen LogP contribution in [0.3, 0.4) is 0 Å². The third-order valence-electron chi connectivity index (χ3n) is 4.38. The van der Waals surface area contributed by atoms with Crippen molar-refractivity contribution >= 4 is 16.5 Å². The summed E-state index contributed by atoms with van der Waals surface area (Å²) in [6.45, 7) is 6.87. The zero-order valence-electron chi connectivity index (χ0n) is 13.4. The van der Waals surface area contributed by atoms with E-state index in [1.54, 1.807) is 17.5 Å². The fourth-order valence-corrected chi connectivity index (χ4v) is 3.75. The van der Waals surface area contributed by atoms with Crippen molar-refractivity contribution < 1.29 is 0 Å². The van der Waals surface area contributed by atoms with E-state index >= 15 is 0 Å². The SMILES string of the molecule is CC(C)N1CCC(N(C)c2nnc(-c3ccccn3)s2)CC1. The summed E-state index contributed by atoms with van der Waals surface area (Å²) in [5, 5.41) is 10.5. The first-order valence-corrected chi connectivity index (χ1v) is 8.68. The second-order valence-corrected chi connectivity index (χ2v) is 7.03. The van der Waals surface area contributed by atoms with Crippen LogP contribution in [-0.2, 0) is 0 Å². The maximum Gasteiger partial charge on any atom is 0.208 e. The number of rotatable bonds is 4. The molecule has 1 aliphatic heterocycles. The topological polar surface area (TPSA) is 45.2 Å². The lowest BCUT2D eigenvalue weighted by molar-refractivity contribution is 0.171. The van der Waals surface area contributed by atoms with Gasteiger partial charge in [-0.05, 0) is 38.8 Å². The van der Waals surface area contributed by atoms with Crippen molar-refractivity contribution in [2.24, 2.45) is 0 Å². The molecule has 0 bridgehead atoms. The Morgan fingerprint density at radius 3 is 2.64 bits per heavy atom. The van der Waals surface area contributed by atoms with Gasteiger partial charge in [-0.2, -0.15) is 0 Å². The number of aromatic nitrogens is 3. The highest BCUT2D eigenvalue weighted by Gasteiger charge is 2.25. The van der Waals surface area contributed by atoms with Crippen molar-refractivity contribution in [3.05, 3.63) is 24.4 Å². The van der Waals surface area contributed by atoms with Gasteiger partial charge in [-0.3, -0.25) is 4.98 Å². The van der Waals surface area contributed by atoms with Crippen LogP contribution in [0.5, 0.6) is 0 Å². The van der Waals surface area contributed by atoms with Crippen molar-refractivity contribution in [3.63, 3.8) is 0 Å². The third-order valence-corrected chi connectivity index (χ3v) is 5.41. The third kappa shape index (κ3) is 3.28. The van der Waals surface area contributed by atoms with E-state index in [-0.39, 0.29) is 0 Å². The lowest BCUT2D eigenvalue weighted by atomic mass is 10.0. The normalized spacial score (nSPS) is 17.1. The Morgan fingerprint density at radius 1 is 1.23 bits per heavy atom. The minimum atomic E-state index is 0.555. The first kappa shape index (κ1) is 15.4. The molecule has 6 heteroatoms. The highest BCUT2D eigenvalue weighted by atomic mass is 32.1. The van der Waals surface area contributed by atoms with Gasteiger partial charge in [-0.1, -0.05) is 17.4 Å². The van der Waals surface area contributed by atoms with E-state index in [0.29, 0.717) is 12.1 Å². The molecular formula is C16H23N5S. The van der Waals surface area contributed by atoms with Crippen molar-refractivity contribution in [1.29, 1.82) is 0 Å². The Hall–Kier alpha value is -1.53. The number of nitrogens with zero attached hydrogens (tertiary/aromatic N) is 5. The van der Waals surface area contributed by atoms with Crippen LogP contribution in [0.25, 0.3) is 10.7 Å². The Kier molecular flexibility index (Phi) is 4.69. The molecule has 0 radical (unpaired) electrons. The zero-order valence-corrected chi connectivity index (χ0v) is 14.3. The molecule has 3 heterocycles. The van der Waals surface area contributed by atoms with Crippen LogP contribution in [0.1, 0.15) is 26.7 Å². The van der Waals surface area contributed by atoms with Gasteiger partial charge in [0.25, 0.3) is 0 Å². The van der Waals surface area contributed by atoms with E-state index in [1.165, 1.54) is 25.9 Å². The van der Waals surface area contributed by atoms with Gasteiger partial charge in [0.05, 0.1) is 0 Å². The van der Waals surface area contributed by atoms with Crippen LogP contribution in [-0.4, -0.2) is 52.3 Å². The molecule has 3 rings (SSSR count). The molecule has 118 valence electrons. The number of pyridine rings is 1. The van der Waals surface area contributed by atoms with Gasteiger partial charge >= 0.3 is 0 Å². The number of hydrogen-bond donors (Lipinski definition) is 0. The molecular weight excluding hydrogens is 294 g/mol. The maximum atomic E-state index is 4.36. The molecule has 1 saturated heterocycles. The number of anilines is 1. The minimum Gasteiger partial charge on any atom is -0.347 e. The lowest BCUT2D eigenvalue weighted by Gasteiger charge is -2.38. The number of likely N-dealkylation sites (tertiary alicyclic amines) is 1. The molecule has 1 aliphatic rings. The zero-order chi connectivity index (χ0) is 15.5. The Labute approximate surface area is 136 Å². The molecule has 0 aromatic carbocycles. The summed E-state index contributed by atoms with van der Waals surface area (Å²) in [6, 6.07) is 7.07. The number of hydrogen-bond acceptors (Lipinski definition) is 6. The fraction of sp³-hybridized carbons (Fsp3) is 0.562. The molecule has 0 spiro atoms. The predicted molar refractivity (Wildman–Crippen MR) is 91.3 cm³/mol. The summed E-state index contributed by atoms with van der Waals surface area (Å²) in [4.78, 5) is 9.19. The Morgan fingerprint density at radius 2 is 2.00 bits per heavy atom. The van der Waals surface area contributed by atoms with Crippen molar-refractivity contribution in [3.8, 4) is 10.7 Å². The summed E-state index contributed by atoms with van der Waals surface area (Å²) in [6.07, 6.45) is 4.17. The standard InChI is InChI=1S/C16H23N5S/c1-12(2)21-10-7-13(8-11-21)20(3)16-19-18-15(22-16)14-6-4-5-9-17-14/h4-6,9,12-13H,7-8,10-11H2,1-3H3. The highest BCUT2D eigenvalue weighted by molar-refractivity contribution is 7.18. The first-order chi connectivity index (χ1) is 10.6. The summed E-state index contributed by atoms with van der Waals surface area (Å²) < 4.78 is 0. The molecule has 0 amide bonds. The van der Waals surface area contributed by atoms with Gasteiger partial charge in [0.2, 0.25) is 5.13 Å².